The third-order valence-electron chi connectivity index (χ3n) is 3.82. The molecule has 7 nitrogen and oxygen atoms in total. The molecule has 0 saturated carbocycles. The van der Waals surface area contributed by atoms with Gasteiger partial charge in [0.15, 0.2) is 0 Å². The quantitative estimate of drug-likeness (QED) is 0.568. The van der Waals surface area contributed by atoms with Gasteiger partial charge >= 0.3 is 6.09 Å². The molecule has 0 unspecified atom stereocenters. The van der Waals surface area contributed by atoms with E-state index in [0.717, 1.165) is 5.06 Å². The zero-order chi connectivity index (χ0) is 14.8. The SMILES string of the molecule is CON1C(=O)CC2(CCN(C(=O)OCCCl)CC2)C1=O. The van der Waals surface area contributed by atoms with E-state index in [2.05, 4.69) is 0 Å². The Hall–Kier alpha value is -1.34. The minimum atomic E-state index is -0.726. The second-order valence-corrected chi connectivity index (χ2v) is 5.30. The first-order valence-electron chi connectivity index (χ1n) is 6.43. The number of carbonyl (C=O) groups is 3. The van der Waals surface area contributed by atoms with Crippen molar-refractivity contribution < 1.29 is 24.0 Å². The van der Waals surface area contributed by atoms with Gasteiger partial charge in [-0.25, -0.2) is 4.79 Å². The molecule has 0 aromatic heterocycles. The second-order valence-electron chi connectivity index (χ2n) is 4.92. The van der Waals surface area contributed by atoms with E-state index in [1.165, 1.54) is 12.0 Å². The number of imide groups is 1. The van der Waals surface area contributed by atoms with Gasteiger partial charge in [-0.05, 0) is 12.8 Å². The van der Waals surface area contributed by atoms with Crippen molar-refractivity contribution in [3.63, 3.8) is 0 Å². The number of alkyl halides is 1. The first-order valence-corrected chi connectivity index (χ1v) is 6.97. The summed E-state index contributed by atoms with van der Waals surface area (Å²) in [6, 6.07) is 0. The maximum atomic E-state index is 12.2. The van der Waals surface area contributed by atoms with Crippen LogP contribution < -0.4 is 0 Å². The van der Waals surface area contributed by atoms with E-state index < -0.39 is 11.5 Å². The van der Waals surface area contributed by atoms with Crippen LogP contribution in [-0.4, -0.2) is 60.6 Å². The molecule has 0 radical (unpaired) electrons. The number of rotatable bonds is 3. The number of amides is 3. The average Bonchev–Trinajstić information content (AvgIpc) is 2.68. The lowest BCUT2D eigenvalue weighted by atomic mass is 9.77. The minimum absolute atomic E-state index is 0.143. The van der Waals surface area contributed by atoms with Gasteiger partial charge in [0.05, 0.1) is 18.4 Å². The number of hydrogen-bond donors (Lipinski definition) is 0. The molecule has 8 heteroatoms. The fourth-order valence-corrected chi connectivity index (χ4v) is 2.75. The summed E-state index contributed by atoms with van der Waals surface area (Å²) in [7, 11) is 1.30. The molecule has 112 valence electrons. The molecule has 1 spiro atoms. The number of carbonyl (C=O) groups excluding carboxylic acids is 3. The van der Waals surface area contributed by atoms with Crippen LogP contribution in [0.2, 0.25) is 0 Å². The van der Waals surface area contributed by atoms with Gasteiger partial charge in [-0.1, -0.05) is 0 Å². The first kappa shape index (κ1) is 15.1. The van der Waals surface area contributed by atoms with E-state index in [1.54, 1.807) is 0 Å². The van der Waals surface area contributed by atoms with Crippen LogP contribution in [0, 0.1) is 5.41 Å². The van der Waals surface area contributed by atoms with Crippen LogP contribution in [0.4, 0.5) is 4.79 Å². The van der Waals surface area contributed by atoms with Gasteiger partial charge in [-0.15, -0.1) is 11.6 Å². The molecule has 2 aliphatic heterocycles. The summed E-state index contributed by atoms with van der Waals surface area (Å²) >= 11 is 5.45. The second kappa shape index (κ2) is 5.97. The molecule has 2 saturated heterocycles. The number of nitrogens with zero attached hydrogens (tertiary/aromatic N) is 2. The van der Waals surface area contributed by atoms with E-state index in [1.807, 2.05) is 0 Å². The monoisotopic (exact) mass is 304 g/mol. The molecule has 3 amide bonds. The number of likely N-dealkylation sites (tertiary alicyclic amines) is 1. The van der Waals surface area contributed by atoms with E-state index in [0.29, 0.717) is 25.9 Å². The molecule has 2 rings (SSSR count). The normalized spacial score (nSPS) is 21.7. The highest BCUT2D eigenvalue weighted by Crippen LogP contribution is 2.42. The van der Waals surface area contributed by atoms with Crippen molar-refractivity contribution in [3.8, 4) is 0 Å². The third-order valence-corrected chi connectivity index (χ3v) is 3.97. The lowest BCUT2D eigenvalue weighted by Gasteiger charge is -2.36. The van der Waals surface area contributed by atoms with Gasteiger partial charge in [-0.2, -0.15) is 5.06 Å². The van der Waals surface area contributed by atoms with Crippen LogP contribution in [0.15, 0.2) is 0 Å². The molecule has 0 bridgehead atoms. The van der Waals surface area contributed by atoms with Gasteiger partial charge < -0.3 is 9.64 Å². The topological polar surface area (TPSA) is 76.2 Å². The summed E-state index contributed by atoms with van der Waals surface area (Å²) < 4.78 is 4.94. The van der Waals surface area contributed by atoms with Crippen molar-refractivity contribution in [2.45, 2.75) is 19.3 Å². The number of ether oxygens (including phenoxy) is 1. The molecule has 2 aliphatic rings. The summed E-state index contributed by atoms with van der Waals surface area (Å²) in [4.78, 5) is 41.9. The molecule has 0 aromatic carbocycles. The highest BCUT2D eigenvalue weighted by Gasteiger charge is 2.53. The third kappa shape index (κ3) is 2.60. The van der Waals surface area contributed by atoms with Crippen molar-refractivity contribution in [1.29, 1.82) is 0 Å². The maximum absolute atomic E-state index is 12.2. The van der Waals surface area contributed by atoms with Crippen molar-refractivity contribution in [3.05, 3.63) is 0 Å². The fraction of sp³-hybridized carbons (Fsp3) is 0.750. The summed E-state index contributed by atoms with van der Waals surface area (Å²) in [6.45, 7) is 0.937. The lowest BCUT2D eigenvalue weighted by Crippen LogP contribution is -2.46. The predicted molar refractivity (Wildman–Crippen MR) is 68.8 cm³/mol. The Morgan fingerprint density at radius 3 is 2.50 bits per heavy atom. The standard InChI is InChI=1S/C12H17ClN2O5/c1-19-15-9(16)8-12(10(15)17)2-5-14(6-3-12)11(18)20-7-4-13/h2-8H2,1H3. The highest BCUT2D eigenvalue weighted by molar-refractivity contribution is 6.18. The highest BCUT2D eigenvalue weighted by atomic mass is 35.5. The molecule has 2 heterocycles. The van der Waals surface area contributed by atoms with Crippen LogP contribution in [0.1, 0.15) is 19.3 Å². The largest absolute Gasteiger partial charge is 0.448 e. The van der Waals surface area contributed by atoms with Gasteiger partial charge in [-0.3, -0.25) is 14.4 Å². The van der Waals surface area contributed by atoms with Gasteiger partial charge in [0.25, 0.3) is 11.8 Å². The zero-order valence-corrected chi connectivity index (χ0v) is 12.0. The van der Waals surface area contributed by atoms with Crippen LogP contribution in [0.25, 0.3) is 0 Å². The predicted octanol–water partition coefficient (Wildman–Crippen LogP) is 0.764. The summed E-state index contributed by atoms with van der Waals surface area (Å²) in [5, 5.41) is 0.821. The van der Waals surface area contributed by atoms with E-state index in [4.69, 9.17) is 21.2 Å². The van der Waals surface area contributed by atoms with Crippen LogP contribution >= 0.6 is 11.6 Å². The van der Waals surface area contributed by atoms with Crippen molar-refractivity contribution >= 4 is 29.5 Å². The van der Waals surface area contributed by atoms with E-state index >= 15 is 0 Å². The Kier molecular flexibility index (Phi) is 4.49. The Balaban J connectivity index is 1.96. The Bertz CT molecular complexity index is 420. The lowest BCUT2D eigenvalue weighted by molar-refractivity contribution is -0.183. The first-order chi connectivity index (χ1) is 9.54. The average molecular weight is 305 g/mol. The van der Waals surface area contributed by atoms with Crippen molar-refractivity contribution in [1.82, 2.24) is 9.96 Å². The van der Waals surface area contributed by atoms with Gasteiger partial charge in [0.1, 0.15) is 6.61 Å². The van der Waals surface area contributed by atoms with E-state index in [9.17, 15) is 14.4 Å². The molecular weight excluding hydrogens is 288 g/mol. The van der Waals surface area contributed by atoms with E-state index in [-0.39, 0.29) is 30.7 Å². The summed E-state index contributed by atoms with van der Waals surface area (Å²) in [6.07, 6.45) is 0.589. The van der Waals surface area contributed by atoms with Crippen LogP contribution in [0.3, 0.4) is 0 Å². The number of halogens is 1. The molecule has 20 heavy (non-hydrogen) atoms. The number of piperidine rings is 1. The zero-order valence-electron chi connectivity index (χ0n) is 11.3. The number of hydrogen-bond acceptors (Lipinski definition) is 5. The summed E-state index contributed by atoms with van der Waals surface area (Å²) in [5.74, 6) is -0.381. The Morgan fingerprint density at radius 2 is 2.00 bits per heavy atom. The molecular formula is C12H17ClN2O5. The Morgan fingerprint density at radius 1 is 1.35 bits per heavy atom. The molecule has 0 N–H and O–H groups in total. The van der Waals surface area contributed by atoms with Gasteiger partial charge in [0, 0.05) is 19.5 Å². The molecule has 0 aliphatic carbocycles. The summed E-state index contributed by atoms with van der Waals surface area (Å²) in [5.41, 5.74) is -0.726. The molecule has 0 aromatic rings. The number of hydroxylamine groups is 2. The molecule has 2 fully saturated rings. The Labute approximate surface area is 121 Å². The maximum Gasteiger partial charge on any atom is 0.409 e. The van der Waals surface area contributed by atoms with Crippen LogP contribution in [0.5, 0.6) is 0 Å². The smallest absolute Gasteiger partial charge is 0.409 e. The van der Waals surface area contributed by atoms with Crippen molar-refractivity contribution in [2.75, 3.05) is 32.7 Å². The minimum Gasteiger partial charge on any atom is -0.448 e. The molecule has 0 atom stereocenters. The van der Waals surface area contributed by atoms with Crippen LogP contribution in [-0.2, 0) is 19.2 Å². The van der Waals surface area contributed by atoms with Crippen molar-refractivity contribution in [2.24, 2.45) is 5.41 Å². The van der Waals surface area contributed by atoms with Gasteiger partial charge in [0.2, 0.25) is 0 Å². The fourth-order valence-electron chi connectivity index (χ4n) is 2.68.